The first-order valence-electron chi connectivity index (χ1n) is 3.92. The van der Waals surface area contributed by atoms with Gasteiger partial charge in [-0.05, 0) is 18.6 Å². The van der Waals surface area contributed by atoms with E-state index < -0.39 is 0 Å². The molecular weight excluding hydrogens is 172 g/mol. The van der Waals surface area contributed by atoms with Gasteiger partial charge < -0.3 is 5.01 Å². The third-order valence-corrected chi connectivity index (χ3v) is 1.55. The minimum Gasteiger partial charge on any atom is -0.311 e. The van der Waals surface area contributed by atoms with Crippen LogP contribution < -0.4 is 10.9 Å². The number of para-hydroxylation sites is 1. The zero-order chi connectivity index (χ0) is 8.10. The molecule has 0 aromatic heterocycles. The maximum Gasteiger partial charge on any atom is 0.0517 e. The number of hydrogen-bond donors (Lipinski definition) is 1. The molecule has 0 aliphatic heterocycles. The summed E-state index contributed by atoms with van der Waals surface area (Å²) in [7, 11) is 0. The van der Waals surface area contributed by atoms with E-state index in [1.165, 1.54) is 0 Å². The number of halogens is 1. The van der Waals surface area contributed by atoms with Crippen LogP contribution in [-0.4, -0.2) is 6.54 Å². The van der Waals surface area contributed by atoms with Crippen molar-refractivity contribution in [2.75, 3.05) is 11.6 Å². The van der Waals surface area contributed by atoms with Crippen LogP contribution in [0.3, 0.4) is 0 Å². The Morgan fingerprint density at radius 1 is 1.25 bits per heavy atom. The molecule has 0 aliphatic rings. The van der Waals surface area contributed by atoms with E-state index in [0.29, 0.717) is 0 Å². The Morgan fingerprint density at radius 3 is 2.33 bits per heavy atom. The molecule has 1 rings (SSSR count). The molecule has 0 spiro atoms. The van der Waals surface area contributed by atoms with Gasteiger partial charge in [0.1, 0.15) is 0 Å². The minimum atomic E-state index is 0. The monoisotopic (exact) mass is 186 g/mol. The second-order valence-electron chi connectivity index (χ2n) is 2.53. The van der Waals surface area contributed by atoms with Gasteiger partial charge >= 0.3 is 0 Å². The molecule has 0 saturated heterocycles. The van der Waals surface area contributed by atoms with Gasteiger partial charge in [0.05, 0.1) is 5.69 Å². The molecule has 0 fully saturated rings. The molecule has 0 saturated carbocycles. The van der Waals surface area contributed by atoms with Gasteiger partial charge in [-0.3, -0.25) is 0 Å². The molecule has 1 aromatic carbocycles. The lowest BCUT2D eigenvalue weighted by atomic mass is 10.3. The SMILES string of the molecule is CCCN(N)c1ccccc1.Cl. The van der Waals surface area contributed by atoms with Crippen molar-refractivity contribution in [2.45, 2.75) is 13.3 Å². The maximum absolute atomic E-state index is 5.74. The largest absolute Gasteiger partial charge is 0.311 e. The predicted molar refractivity (Wildman–Crippen MR) is 55.5 cm³/mol. The third kappa shape index (κ3) is 3.11. The van der Waals surface area contributed by atoms with Crippen LogP contribution in [0.5, 0.6) is 0 Å². The Balaban J connectivity index is 0.00000121. The first kappa shape index (κ1) is 11.3. The molecule has 0 heterocycles. The van der Waals surface area contributed by atoms with Crippen LogP contribution in [0, 0.1) is 0 Å². The van der Waals surface area contributed by atoms with E-state index in [1.54, 1.807) is 5.01 Å². The van der Waals surface area contributed by atoms with Crippen LogP contribution in [0.15, 0.2) is 30.3 Å². The highest BCUT2D eigenvalue weighted by Gasteiger charge is 1.95. The van der Waals surface area contributed by atoms with Crippen LogP contribution >= 0.6 is 12.4 Å². The van der Waals surface area contributed by atoms with Gasteiger partial charge in [-0.1, -0.05) is 25.1 Å². The van der Waals surface area contributed by atoms with E-state index >= 15 is 0 Å². The summed E-state index contributed by atoms with van der Waals surface area (Å²) in [5.41, 5.74) is 1.08. The smallest absolute Gasteiger partial charge is 0.0517 e. The van der Waals surface area contributed by atoms with Crippen molar-refractivity contribution in [1.82, 2.24) is 0 Å². The van der Waals surface area contributed by atoms with Gasteiger partial charge in [0.15, 0.2) is 0 Å². The zero-order valence-corrected chi connectivity index (χ0v) is 8.05. The average molecular weight is 187 g/mol. The number of nitrogens with two attached hydrogens (primary N) is 1. The van der Waals surface area contributed by atoms with Crippen LogP contribution in [0.25, 0.3) is 0 Å². The molecule has 68 valence electrons. The number of hydrogen-bond acceptors (Lipinski definition) is 2. The summed E-state index contributed by atoms with van der Waals surface area (Å²) in [4.78, 5) is 0. The molecule has 0 atom stereocenters. The van der Waals surface area contributed by atoms with Crippen molar-refractivity contribution in [2.24, 2.45) is 5.84 Å². The summed E-state index contributed by atoms with van der Waals surface area (Å²) in [6.45, 7) is 3.02. The van der Waals surface area contributed by atoms with Crippen molar-refractivity contribution in [3.63, 3.8) is 0 Å². The average Bonchev–Trinajstić information content (AvgIpc) is 2.07. The second-order valence-corrected chi connectivity index (χ2v) is 2.53. The van der Waals surface area contributed by atoms with Crippen LogP contribution in [0.2, 0.25) is 0 Å². The van der Waals surface area contributed by atoms with Crippen LogP contribution in [0.4, 0.5) is 5.69 Å². The van der Waals surface area contributed by atoms with Gasteiger partial charge in [0.25, 0.3) is 0 Å². The summed E-state index contributed by atoms with van der Waals surface area (Å²) < 4.78 is 0. The van der Waals surface area contributed by atoms with E-state index in [2.05, 4.69) is 6.92 Å². The number of benzene rings is 1. The Hall–Kier alpha value is -0.730. The van der Waals surface area contributed by atoms with Crippen molar-refractivity contribution in [3.8, 4) is 0 Å². The van der Waals surface area contributed by atoms with E-state index in [9.17, 15) is 0 Å². The number of anilines is 1. The topological polar surface area (TPSA) is 29.3 Å². The number of rotatable bonds is 3. The summed E-state index contributed by atoms with van der Waals surface area (Å²) in [5.74, 6) is 5.74. The van der Waals surface area contributed by atoms with Crippen molar-refractivity contribution in [1.29, 1.82) is 0 Å². The van der Waals surface area contributed by atoms with E-state index in [0.717, 1.165) is 18.7 Å². The number of hydrazine groups is 1. The molecule has 3 heteroatoms. The predicted octanol–water partition coefficient (Wildman–Crippen LogP) is 2.20. The van der Waals surface area contributed by atoms with E-state index in [-0.39, 0.29) is 12.4 Å². The summed E-state index contributed by atoms with van der Waals surface area (Å²) in [5, 5.41) is 1.76. The minimum absolute atomic E-state index is 0. The molecule has 0 aliphatic carbocycles. The summed E-state index contributed by atoms with van der Waals surface area (Å²) >= 11 is 0. The fourth-order valence-electron chi connectivity index (χ4n) is 0.989. The molecule has 1 aromatic rings. The fourth-order valence-corrected chi connectivity index (χ4v) is 0.989. The highest BCUT2D eigenvalue weighted by molar-refractivity contribution is 5.85. The van der Waals surface area contributed by atoms with E-state index in [4.69, 9.17) is 5.84 Å². The Morgan fingerprint density at radius 2 is 1.83 bits per heavy atom. The van der Waals surface area contributed by atoms with Gasteiger partial charge in [0.2, 0.25) is 0 Å². The molecule has 0 amide bonds. The highest BCUT2D eigenvalue weighted by Crippen LogP contribution is 2.08. The van der Waals surface area contributed by atoms with Crippen molar-refractivity contribution < 1.29 is 0 Å². The molecule has 2 N–H and O–H groups in total. The lowest BCUT2D eigenvalue weighted by Gasteiger charge is -2.16. The fraction of sp³-hybridized carbons (Fsp3) is 0.333. The van der Waals surface area contributed by atoms with Crippen LogP contribution in [-0.2, 0) is 0 Å². The summed E-state index contributed by atoms with van der Waals surface area (Å²) in [6.07, 6.45) is 1.07. The third-order valence-electron chi connectivity index (χ3n) is 1.55. The van der Waals surface area contributed by atoms with Gasteiger partial charge in [0, 0.05) is 6.54 Å². The molecular formula is C9H15ClN2. The molecule has 0 bridgehead atoms. The molecule has 0 radical (unpaired) electrons. The normalized spacial score (nSPS) is 8.83. The Labute approximate surface area is 79.7 Å². The summed E-state index contributed by atoms with van der Waals surface area (Å²) in [6, 6.07) is 9.99. The molecule has 2 nitrogen and oxygen atoms in total. The first-order chi connectivity index (χ1) is 5.34. The highest BCUT2D eigenvalue weighted by atomic mass is 35.5. The Bertz CT molecular complexity index is 201. The lowest BCUT2D eigenvalue weighted by molar-refractivity contribution is 0.805. The van der Waals surface area contributed by atoms with Crippen molar-refractivity contribution >= 4 is 18.1 Å². The quantitative estimate of drug-likeness (QED) is 0.580. The van der Waals surface area contributed by atoms with Crippen molar-refractivity contribution in [3.05, 3.63) is 30.3 Å². The van der Waals surface area contributed by atoms with Gasteiger partial charge in [-0.15, -0.1) is 12.4 Å². The standard InChI is InChI=1S/C9H14N2.ClH/c1-2-8-11(10)9-6-4-3-5-7-9;/h3-7H,2,8,10H2,1H3;1H. The first-order valence-corrected chi connectivity index (χ1v) is 3.92. The maximum atomic E-state index is 5.74. The Kier molecular flexibility index (Phi) is 5.51. The zero-order valence-electron chi connectivity index (χ0n) is 7.23. The van der Waals surface area contributed by atoms with Gasteiger partial charge in [-0.25, -0.2) is 5.84 Å². The molecule has 12 heavy (non-hydrogen) atoms. The lowest BCUT2D eigenvalue weighted by Crippen LogP contribution is -2.31. The number of nitrogens with zero attached hydrogens (tertiary/aromatic N) is 1. The van der Waals surface area contributed by atoms with Gasteiger partial charge in [-0.2, -0.15) is 0 Å². The second kappa shape index (κ2) is 5.86. The van der Waals surface area contributed by atoms with Crippen LogP contribution in [0.1, 0.15) is 13.3 Å². The van der Waals surface area contributed by atoms with E-state index in [1.807, 2.05) is 30.3 Å². The molecule has 0 unspecified atom stereocenters.